The number of aryl methyl sites for hydroxylation is 1. The number of methoxy groups -OCH3 is 1. The first-order valence-corrected chi connectivity index (χ1v) is 8.50. The first kappa shape index (κ1) is 16.2. The Morgan fingerprint density at radius 3 is 2.14 bits per heavy atom. The third-order valence-corrected chi connectivity index (χ3v) is 4.98. The van der Waals surface area contributed by atoms with Crippen molar-refractivity contribution in [3.63, 3.8) is 0 Å². The fourth-order valence-electron chi connectivity index (χ4n) is 2.06. The summed E-state index contributed by atoms with van der Waals surface area (Å²) in [5.74, 6) is -0.114. The molecule has 0 aliphatic rings. The Morgan fingerprint density at radius 1 is 1.00 bits per heavy atom. The van der Waals surface area contributed by atoms with Crippen LogP contribution in [-0.2, 0) is 21.1 Å². The lowest BCUT2D eigenvalue weighted by atomic mass is 10.1. The Bertz CT molecular complexity index is 744. The van der Waals surface area contributed by atoms with E-state index in [1.165, 1.54) is 12.1 Å². The second kappa shape index (κ2) is 6.75. The summed E-state index contributed by atoms with van der Waals surface area (Å²) in [6.45, 7) is 1.88. The van der Waals surface area contributed by atoms with Gasteiger partial charge >= 0.3 is 0 Å². The molecule has 0 spiro atoms. The zero-order valence-electron chi connectivity index (χ0n) is 12.6. The van der Waals surface area contributed by atoms with Crippen LogP contribution in [0.1, 0.15) is 11.1 Å². The molecule has 0 atom stereocenters. The predicted octanol–water partition coefficient (Wildman–Crippen LogP) is 2.59. The third kappa shape index (κ3) is 4.18. The van der Waals surface area contributed by atoms with E-state index in [1.54, 1.807) is 43.5 Å². The van der Waals surface area contributed by atoms with E-state index in [1.807, 2.05) is 6.92 Å². The normalized spacial score (nSPS) is 11.2. The van der Waals surface area contributed by atoms with Crippen molar-refractivity contribution in [2.75, 3.05) is 12.9 Å². The molecule has 0 aliphatic carbocycles. The summed E-state index contributed by atoms with van der Waals surface area (Å²) in [5, 5.41) is 0. The van der Waals surface area contributed by atoms with Crippen molar-refractivity contribution in [3.8, 4) is 5.75 Å². The van der Waals surface area contributed by atoms with E-state index in [-0.39, 0.29) is 17.1 Å². The van der Waals surface area contributed by atoms with E-state index < -0.39 is 15.6 Å². The SMILES string of the molecule is COc1ccc(CC(=O)CS(=O)(=O)c2ccc(C)cc2)cc1. The minimum absolute atomic E-state index is 0.0923. The van der Waals surface area contributed by atoms with E-state index in [0.717, 1.165) is 11.1 Å². The molecular formula is C17H18O4S. The maximum atomic E-state index is 12.2. The highest BCUT2D eigenvalue weighted by molar-refractivity contribution is 7.92. The van der Waals surface area contributed by atoms with Gasteiger partial charge in [0.05, 0.1) is 12.0 Å². The number of carbonyl (C=O) groups excluding carboxylic acids is 1. The molecule has 0 fully saturated rings. The molecule has 0 aromatic heterocycles. The zero-order chi connectivity index (χ0) is 16.2. The number of hydrogen-bond donors (Lipinski definition) is 0. The summed E-state index contributed by atoms with van der Waals surface area (Å²) in [6.07, 6.45) is 0.0923. The Morgan fingerprint density at radius 2 is 1.59 bits per heavy atom. The molecule has 0 bridgehead atoms. The van der Waals surface area contributed by atoms with Crippen LogP contribution in [0.3, 0.4) is 0 Å². The standard InChI is InChI=1S/C17H18O4S/c1-13-3-9-17(10-4-13)22(19,20)12-15(18)11-14-5-7-16(21-2)8-6-14/h3-10H,11-12H2,1-2H3. The lowest BCUT2D eigenvalue weighted by Gasteiger charge is -2.05. The monoisotopic (exact) mass is 318 g/mol. The average Bonchev–Trinajstić information content (AvgIpc) is 2.48. The average molecular weight is 318 g/mol. The molecule has 0 saturated heterocycles. The quantitative estimate of drug-likeness (QED) is 0.821. The van der Waals surface area contributed by atoms with E-state index in [0.29, 0.717) is 5.75 Å². The molecule has 116 valence electrons. The molecule has 2 rings (SSSR count). The first-order chi connectivity index (χ1) is 10.4. The number of sulfone groups is 1. The zero-order valence-corrected chi connectivity index (χ0v) is 13.4. The van der Waals surface area contributed by atoms with Gasteiger partial charge in [-0.15, -0.1) is 0 Å². The lowest BCUT2D eigenvalue weighted by molar-refractivity contribution is -0.116. The number of Topliss-reactive ketones (excluding diaryl/α,β-unsaturated/α-hetero) is 1. The largest absolute Gasteiger partial charge is 0.497 e. The van der Waals surface area contributed by atoms with E-state index in [4.69, 9.17) is 4.74 Å². The molecule has 2 aromatic rings. The molecule has 0 N–H and O–H groups in total. The van der Waals surface area contributed by atoms with Crippen LogP contribution in [0.5, 0.6) is 5.75 Å². The third-order valence-electron chi connectivity index (χ3n) is 3.29. The Hall–Kier alpha value is -2.14. The number of ether oxygens (including phenoxy) is 1. The fraction of sp³-hybridized carbons (Fsp3) is 0.235. The number of hydrogen-bond acceptors (Lipinski definition) is 4. The summed E-state index contributed by atoms with van der Waals surface area (Å²) in [6, 6.07) is 13.5. The summed E-state index contributed by atoms with van der Waals surface area (Å²) < 4.78 is 29.4. The maximum Gasteiger partial charge on any atom is 0.185 e. The first-order valence-electron chi connectivity index (χ1n) is 6.85. The highest BCUT2D eigenvalue weighted by Gasteiger charge is 2.19. The van der Waals surface area contributed by atoms with Gasteiger partial charge in [-0.25, -0.2) is 8.42 Å². The van der Waals surface area contributed by atoms with Gasteiger partial charge in [0.25, 0.3) is 0 Å². The van der Waals surface area contributed by atoms with Crippen molar-refractivity contribution in [1.82, 2.24) is 0 Å². The Balaban J connectivity index is 2.05. The number of ketones is 1. The van der Waals surface area contributed by atoms with Crippen LogP contribution in [-0.4, -0.2) is 27.1 Å². The molecule has 0 amide bonds. The minimum atomic E-state index is -3.58. The van der Waals surface area contributed by atoms with Gasteiger partial charge in [-0.2, -0.15) is 0 Å². The van der Waals surface area contributed by atoms with E-state index in [9.17, 15) is 13.2 Å². The predicted molar refractivity (Wildman–Crippen MR) is 84.9 cm³/mol. The molecule has 22 heavy (non-hydrogen) atoms. The van der Waals surface area contributed by atoms with E-state index >= 15 is 0 Å². The summed E-state index contributed by atoms with van der Waals surface area (Å²) in [7, 11) is -2.02. The number of rotatable bonds is 6. The van der Waals surface area contributed by atoms with Gasteiger partial charge in [-0.1, -0.05) is 29.8 Å². The van der Waals surface area contributed by atoms with Crippen molar-refractivity contribution in [2.45, 2.75) is 18.2 Å². The van der Waals surface area contributed by atoms with Crippen LogP contribution >= 0.6 is 0 Å². The highest BCUT2D eigenvalue weighted by Crippen LogP contribution is 2.15. The number of benzene rings is 2. The summed E-state index contributed by atoms with van der Waals surface area (Å²) >= 11 is 0. The fourth-order valence-corrected chi connectivity index (χ4v) is 3.31. The van der Waals surface area contributed by atoms with Crippen LogP contribution in [0.15, 0.2) is 53.4 Å². The smallest absolute Gasteiger partial charge is 0.185 e. The second-order valence-electron chi connectivity index (χ2n) is 5.14. The Labute approximate surface area is 130 Å². The van der Waals surface area contributed by atoms with Crippen LogP contribution in [0.4, 0.5) is 0 Å². The molecule has 0 heterocycles. The maximum absolute atomic E-state index is 12.2. The van der Waals surface area contributed by atoms with Crippen molar-refractivity contribution in [2.24, 2.45) is 0 Å². The van der Waals surface area contributed by atoms with Crippen LogP contribution in [0, 0.1) is 6.92 Å². The van der Waals surface area contributed by atoms with Gasteiger partial charge in [0.1, 0.15) is 11.5 Å². The summed E-state index contributed by atoms with van der Waals surface area (Å²) in [5.41, 5.74) is 1.74. The van der Waals surface area contributed by atoms with Crippen LogP contribution < -0.4 is 4.74 Å². The number of carbonyl (C=O) groups is 1. The van der Waals surface area contributed by atoms with Crippen LogP contribution in [0.25, 0.3) is 0 Å². The molecule has 0 radical (unpaired) electrons. The molecule has 0 unspecified atom stereocenters. The second-order valence-corrected chi connectivity index (χ2v) is 7.13. The molecule has 2 aromatic carbocycles. The van der Waals surface area contributed by atoms with E-state index in [2.05, 4.69) is 0 Å². The molecule has 4 nitrogen and oxygen atoms in total. The minimum Gasteiger partial charge on any atom is -0.497 e. The molecule has 5 heteroatoms. The van der Waals surface area contributed by atoms with Gasteiger partial charge < -0.3 is 4.74 Å². The Kier molecular flexibility index (Phi) is 4.98. The van der Waals surface area contributed by atoms with Gasteiger partial charge in [0.15, 0.2) is 15.6 Å². The summed E-state index contributed by atoms with van der Waals surface area (Å²) in [4.78, 5) is 12.2. The van der Waals surface area contributed by atoms with Crippen molar-refractivity contribution >= 4 is 15.6 Å². The van der Waals surface area contributed by atoms with Crippen molar-refractivity contribution in [1.29, 1.82) is 0 Å². The van der Waals surface area contributed by atoms with Crippen molar-refractivity contribution < 1.29 is 17.9 Å². The highest BCUT2D eigenvalue weighted by atomic mass is 32.2. The van der Waals surface area contributed by atoms with Crippen molar-refractivity contribution in [3.05, 3.63) is 59.7 Å². The van der Waals surface area contributed by atoms with Gasteiger partial charge in [-0.05, 0) is 36.8 Å². The molecule has 0 saturated carbocycles. The topological polar surface area (TPSA) is 60.4 Å². The van der Waals surface area contributed by atoms with Gasteiger partial charge in [-0.3, -0.25) is 4.79 Å². The molecule has 0 aliphatic heterocycles. The van der Waals surface area contributed by atoms with Gasteiger partial charge in [0.2, 0.25) is 0 Å². The van der Waals surface area contributed by atoms with Crippen LogP contribution in [0.2, 0.25) is 0 Å². The lowest BCUT2D eigenvalue weighted by Crippen LogP contribution is -2.18. The van der Waals surface area contributed by atoms with Gasteiger partial charge in [0, 0.05) is 6.42 Å². The molecular weight excluding hydrogens is 300 g/mol.